The van der Waals surface area contributed by atoms with Crippen LogP contribution in [0.5, 0.6) is 0 Å². The summed E-state index contributed by atoms with van der Waals surface area (Å²) in [5.41, 5.74) is 6.63. The number of ether oxygens (including phenoxy) is 1. The average Bonchev–Trinajstić information content (AvgIpc) is 3.21. The van der Waals surface area contributed by atoms with Crippen LogP contribution in [0.2, 0.25) is 5.02 Å². The van der Waals surface area contributed by atoms with E-state index in [0.29, 0.717) is 30.5 Å². The van der Waals surface area contributed by atoms with E-state index in [4.69, 9.17) is 22.1 Å². The van der Waals surface area contributed by atoms with Gasteiger partial charge in [-0.1, -0.05) is 23.7 Å². The van der Waals surface area contributed by atoms with Crippen molar-refractivity contribution in [2.45, 2.75) is 49.7 Å². The smallest absolute Gasteiger partial charge is 0.381 e. The second-order valence-corrected chi connectivity index (χ2v) is 8.73. The molecular formula is C20H26ClF3N6O2. The number of aliphatic hydroxyl groups excluding tert-OH is 1. The highest BCUT2D eigenvalue weighted by Gasteiger charge is 2.48. The maximum Gasteiger partial charge on any atom is 0.416 e. The number of nitrogens with zero attached hydrogens (tertiary/aromatic N) is 4. The Hall–Kier alpha value is -2.08. The Balaban J connectivity index is 1.47. The summed E-state index contributed by atoms with van der Waals surface area (Å²) in [6.45, 7) is 1.45. The first-order valence-electron chi connectivity index (χ1n) is 10.5. The molecule has 0 saturated carbocycles. The van der Waals surface area contributed by atoms with Crippen LogP contribution >= 0.6 is 11.6 Å². The van der Waals surface area contributed by atoms with Crippen molar-refractivity contribution in [3.05, 3.63) is 34.9 Å². The number of H-pyrrole nitrogens is 1. The molecule has 0 spiro atoms. The lowest BCUT2D eigenvalue weighted by molar-refractivity contribution is -0.250. The number of hydrogen-bond acceptors (Lipinski definition) is 7. The molecule has 0 amide bonds. The molecule has 1 aromatic carbocycles. The standard InChI is InChI=1S/C20H26ClF3N6O2/c21-13-3-1-12(2-4-13)9-15-11-32-16(17(31)20(22,23)24)10-30(15)14-5-7-29(8-6-14)19-26-18(25)27-28-19/h1-4,14-17,31H,5-11H2,(H3,25,26,27,28). The van der Waals surface area contributed by atoms with E-state index < -0.39 is 18.4 Å². The summed E-state index contributed by atoms with van der Waals surface area (Å²) in [4.78, 5) is 7.00. The van der Waals surface area contributed by atoms with Crippen molar-refractivity contribution in [2.75, 3.05) is 36.9 Å². The molecule has 4 N–H and O–H groups in total. The Morgan fingerprint density at radius 3 is 2.50 bits per heavy atom. The first-order chi connectivity index (χ1) is 15.2. The number of nitrogens with two attached hydrogens (primary N) is 1. The molecule has 12 heteroatoms. The molecule has 0 bridgehead atoms. The SMILES string of the molecule is Nc1nnc(N2CCC(N3CC(C(O)C(F)(F)F)OCC3Cc3ccc(Cl)cc3)CC2)[nH]1. The number of rotatable bonds is 5. The summed E-state index contributed by atoms with van der Waals surface area (Å²) < 4.78 is 44.9. The van der Waals surface area contributed by atoms with Crippen molar-refractivity contribution < 1.29 is 23.0 Å². The fourth-order valence-corrected chi connectivity index (χ4v) is 4.60. The van der Waals surface area contributed by atoms with E-state index in [1.165, 1.54) is 0 Å². The van der Waals surface area contributed by atoms with Gasteiger partial charge in [-0.05, 0) is 37.0 Å². The topological polar surface area (TPSA) is 104 Å². The molecule has 3 unspecified atom stereocenters. The van der Waals surface area contributed by atoms with Crippen molar-refractivity contribution in [2.24, 2.45) is 0 Å². The molecule has 32 heavy (non-hydrogen) atoms. The highest BCUT2D eigenvalue weighted by atomic mass is 35.5. The van der Waals surface area contributed by atoms with E-state index in [1.54, 1.807) is 12.1 Å². The van der Waals surface area contributed by atoms with Gasteiger partial charge in [0.1, 0.15) is 6.10 Å². The van der Waals surface area contributed by atoms with Gasteiger partial charge in [0, 0.05) is 36.7 Å². The molecule has 0 radical (unpaired) electrons. The van der Waals surface area contributed by atoms with Gasteiger partial charge in [0.05, 0.1) is 6.61 Å². The zero-order valence-corrected chi connectivity index (χ0v) is 18.1. The number of aromatic amines is 1. The minimum absolute atomic E-state index is 0.0128. The number of halogens is 4. The number of nitrogen functional groups attached to an aromatic ring is 1. The lowest BCUT2D eigenvalue weighted by atomic mass is 9.95. The van der Waals surface area contributed by atoms with Gasteiger partial charge in [-0.25, -0.2) is 0 Å². The third-order valence-corrected chi connectivity index (χ3v) is 6.41. The zero-order chi connectivity index (χ0) is 22.9. The van der Waals surface area contributed by atoms with Crippen molar-refractivity contribution >= 4 is 23.5 Å². The molecule has 2 fully saturated rings. The predicted octanol–water partition coefficient (Wildman–Crippen LogP) is 2.24. The van der Waals surface area contributed by atoms with Crippen LogP contribution < -0.4 is 10.6 Å². The van der Waals surface area contributed by atoms with E-state index >= 15 is 0 Å². The number of aromatic nitrogens is 3. The van der Waals surface area contributed by atoms with Crippen LogP contribution in [0, 0.1) is 0 Å². The Bertz CT molecular complexity index is 888. The number of piperidine rings is 1. The van der Waals surface area contributed by atoms with Gasteiger partial charge in [-0.15, -0.1) is 10.2 Å². The van der Waals surface area contributed by atoms with Crippen LogP contribution in [0.25, 0.3) is 0 Å². The molecular weight excluding hydrogens is 449 g/mol. The van der Waals surface area contributed by atoms with Gasteiger partial charge in [0.25, 0.3) is 0 Å². The highest BCUT2D eigenvalue weighted by molar-refractivity contribution is 6.30. The Morgan fingerprint density at radius 1 is 1.22 bits per heavy atom. The average molecular weight is 475 g/mol. The molecule has 1 aromatic heterocycles. The third kappa shape index (κ3) is 5.28. The van der Waals surface area contributed by atoms with Crippen molar-refractivity contribution in [3.63, 3.8) is 0 Å². The Morgan fingerprint density at radius 2 is 1.91 bits per heavy atom. The van der Waals surface area contributed by atoms with E-state index in [2.05, 4.69) is 20.1 Å². The summed E-state index contributed by atoms with van der Waals surface area (Å²) in [7, 11) is 0. The van der Waals surface area contributed by atoms with Crippen molar-refractivity contribution in [3.8, 4) is 0 Å². The summed E-state index contributed by atoms with van der Waals surface area (Å²) in [5.74, 6) is 0.827. The highest BCUT2D eigenvalue weighted by Crippen LogP contribution is 2.31. The fourth-order valence-electron chi connectivity index (χ4n) is 4.48. The Kier molecular flexibility index (Phi) is 6.80. The number of nitrogens with one attached hydrogen (secondary N) is 1. The van der Waals surface area contributed by atoms with Crippen molar-refractivity contribution in [1.82, 2.24) is 20.1 Å². The largest absolute Gasteiger partial charge is 0.416 e. The third-order valence-electron chi connectivity index (χ3n) is 6.16. The normalized spacial score (nSPS) is 24.6. The number of anilines is 2. The second kappa shape index (κ2) is 9.42. The number of hydrogen-bond donors (Lipinski definition) is 3. The van der Waals surface area contributed by atoms with Gasteiger partial charge < -0.3 is 20.5 Å². The predicted molar refractivity (Wildman–Crippen MR) is 113 cm³/mol. The second-order valence-electron chi connectivity index (χ2n) is 8.29. The Labute approximate surface area is 188 Å². The molecule has 2 aliphatic rings. The van der Waals surface area contributed by atoms with Gasteiger partial charge in [-0.3, -0.25) is 9.88 Å². The van der Waals surface area contributed by atoms with Gasteiger partial charge in [0.2, 0.25) is 11.9 Å². The maximum absolute atomic E-state index is 13.1. The monoisotopic (exact) mass is 474 g/mol. The first kappa shape index (κ1) is 23.1. The maximum atomic E-state index is 13.1. The molecule has 3 heterocycles. The molecule has 4 rings (SSSR count). The molecule has 2 aromatic rings. The number of alkyl halides is 3. The van der Waals surface area contributed by atoms with E-state index in [9.17, 15) is 18.3 Å². The first-order valence-corrected chi connectivity index (χ1v) is 10.9. The van der Waals surface area contributed by atoms with Crippen LogP contribution in [0.15, 0.2) is 24.3 Å². The summed E-state index contributed by atoms with van der Waals surface area (Å²) in [6.07, 6.45) is -6.49. The molecule has 3 atom stereocenters. The molecule has 8 nitrogen and oxygen atoms in total. The molecule has 0 aliphatic carbocycles. The van der Waals surface area contributed by atoms with Crippen LogP contribution in [0.1, 0.15) is 18.4 Å². The number of benzene rings is 1. The quantitative estimate of drug-likeness (QED) is 0.610. The van der Waals surface area contributed by atoms with E-state index in [1.807, 2.05) is 17.0 Å². The van der Waals surface area contributed by atoms with Crippen LogP contribution in [0.4, 0.5) is 25.1 Å². The summed E-state index contributed by atoms with van der Waals surface area (Å²) >= 11 is 5.97. The molecule has 2 saturated heterocycles. The lowest BCUT2D eigenvalue weighted by Crippen LogP contribution is -2.60. The van der Waals surface area contributed by atoms with Crippen LogP contribution in [0.3, 0.4) is 0 Å². The summed E-state index contributed by atoms with van der Waals surface area (Å²) in [5, 5.41) is 18.2. The van der Waals surface area contributed by atoms with Crippen molar-refractivity contribution in [1.29, 1.82) is 0 Å². The minimum Gasteiger partial charge on any atom is -0.381 e. The van der Waals surface area contributed by atoms with Crippen LogP contribution in [-0.2, 0) is 11.2 Å². The summed E-state index contributed by atoms with van der Waals surface area (Å²) in [6, 6.07) is 7.36. The number of aliphatic hydroxyl groups is 1. The van der Waals surface area contributed by atoms with E-state index in [-0.39, 0.29) is 31.2 Å². The lowest BCUT2D eigenvalue weighted by Gasteiger charge is -2.47. The van der Waals surface area contributed by atoms with Gasteiger partial charge in [-0.2, -0.15) is 13.2 Å². The van der Waals surface area contributed by atoms with Gasteiger partial charge in [0.15, 0.2) is 6.10 Å². The van der Waals surface area contributed by atoms with Crippen LogP contribution in [-0.4, -0.2) is 81.9 Å². The zero-order valence-electron chi connectivity index (χ0n) is 17.3. The minimum atomic E-state index is -4.73. The fraction of sp³-hybridized carbons (Fsp3) is 0.600. The number of morpholine rings is 1. The molecule has 176 valence electrons. The molecule has 2 aliphatic heterocycles. The van der Waals surface area contributed by atoms with Gasteiger partial charge >= 0.3 is 6.18 Å². The van der Waals surface area contributed by atoms with E-state index in [0.717, 1.165) is 18.4 Å².